The number of furan rings is 4. The highest BCUT2D eigenvalue weighted by atomic mass is 16.4. The molecule has 12 heteroatoms. The summed E-state index contributed by atoms with van der Waals surface area (Å²) < 4.78 is 212. The minimum Gasteiger partial charge on any atom is -0.437 e. The minimum absolute atomic E-state index is 0.0346. The average molecular weight is 1460 g/mol. The Morgan fingerprint density at radius 2 is 0.685 bits per heavy atom. The van der Waals surface area contributed by atoms with Crippen LogP contribution in [0.1, 0.15) is 196 Å². The van der Waals surface area contributed by atoms with Crippen molar-refractivity contribution in [2.24, 2.45) is 39.5 Å². The fraction of sp³-hybridized carbons (Fsp3) is 0.333. The van der Waals surface area contributed by atoms with Gasteiger partial charge < -0.3 is 17.7 Å². The second kappa shape index (κ2) is 29.1. The molecule has 1 atom stereocenters. The van der Waals surface area contributed by atoms with Gasteiger partial charge in [-0.2, -0.15) is 0 Å². The highest BCUT2D eigenvalue weighted by Crippen LogP contribution is 2.42. The SMILES string of the molecule is [2H]C([2H])([2H])c1c[n+](C)c(-c2c(C)ccc3c2oc2nc(C(C)(C)C)ccc23)cc1C.[2H]C([2H])([2H])c1c[n+](C)c(-c2c(C)ccc3c2oc2nc(C([2H])(C)C)ccc23)cc1C.[2H]C([2H])([2H])c1c[n+](C)c(-c2c(C)ccc3c2oc2nc(CC(C)(C([2H])([2H])[2H])C([2H])([2H])[2H])ccc23)cc1C.[2H]C([2H])([2H])c1c[n+](C)c(-c2c(C)ccc3c2oc2nc(CC([2H])(C)C([2H])([2H])[2H])ccc23)cc1C. The minimum atomic E-state index is -2.72. The van der Waals surface area contributed by atoms with Gasteiger partial charge in [0.2, 0.25) is 45.6 Å². The van der Waals surface area contributed by atoms with E-state index in [0.717, 1.165) is 122 Å². The van der Waals surface area contributed by atoms with Crippen LogP contribution in [0.5, 0.6) is 0 Å². The van der Waals surface area contributed by atoms with Crippen LogP contribution < -0.4 is 18.3 Å². The Balaban J connectivity index is 0.000000149. The van der Waals surface area contributed by atoms with Crippen molar-refractivity contribution in [3.05, 3.63) is 236 Å². The van der Waals surface area contributed by atoms with Crippen molar-refractivity contribution in [2.75, 3.05) is 0 Å². The third-order valence-corrected chi connectivity index (χ3v) is 20.2. The Hall–Kier alpha value is -10.7. The Bertz CT molecular complexity index is 7010. The lowest BCUT2D eigenvalue weighted by atomic mass is 9.90. The second-order valence-corrected chi connectivity index (χ2v) is 30.5. The summed E-state index contributed by atoms with van der Waals surface area (Å²) in [7, 11) is 7.32. The van der Waals surface area contributed by atoms with Crippen molar-refractivity contribution in [1.82, 2.24) is 19.9 Å². The standard InChI is InChI=1S/C25H29N2O.2C24H27N2O.C23H25N2O/c1-15-8-10-19-20-11-9-18(13-25(4,5)6)26-24(20)28-23(19)22(15)21-12-16(2)17(3)14-27(21)7;1-14-8-9-17-18-10-11-20(24(4,5)6)25-23(18)27-22(17)21(14)19-12-15(2)16(3)13-26(19)7;1-14(2)11-18-8-10-20-19-9-7-15(3)22(23(19)27-24(20)25-18)21-12-16(4)17(5)13-26(21)6;1-13(2)19-10-9-18-17-8-7-14(3)21(22(17)26-23(18)24-19)20-11-15(4)16(5)12-25(20)6/h8-12,14H,13H2,1-7H3;8-13H,1-7H3;7-10,12-14H,11H2,1-6H3;7-13H,1-6H3/q4*+1/i3D3,4D3,5D3;3D3;1D3,5D3,14D;5D3,13D. The molecule has 0 spiro atoms. The van der Waals surface area contributed by atoms with Gasteiger partial charge in [0, 0.05) is 149 Å². The molecule has 16 rings (SSSR count). The van der Waals surface area contributed by atoms with Crippen molar-refractivity contribution in [3.8, 4) is 45.0 Å². The van der Waals surface area contributed by atoms with Crippen molar-refractivity contribution in [3.63, 3.8) is 0 Å². The van der Waals surface area contributed by atoms with E-state index in [9.17, 15) is 0 Å². The van der Waals surface area contributed by atoms with Gasteiger partial charge in [0.05, 0.1) is 22.3 Å². The van der Waals surface area contributed by atoms with Crippen LogP contribution in [0.4, 0.5) is 0 Å². The van der Waals surface area contributed by atoms with E-state index in [2.05, 4.69) is 60.0 Å². The zero-order valence-corrected chi connectivity index (χ0v) is 65.0. The molecule has 0 N–H and O–H groups in total. The first-order chi connectivity index (χ1) is 60.2. The summed E-state index contributed by atoms with van der Waals surface area (Å²) in [5.41, 5.74) is 19.7. The van der Waals surface area contributed by atoms with Crippen LogP contribution in [0.2, 0.25) is 0 Å². The van der Waals surface area contributed by atoms with Crippen LogP contribution in [-0.4, -0.2) is 19.9 Å². The molecule has 0 saturated carbocycles. The molecule has 0 aliphatic rings. The quantitative estimate of drug-likeness (QED) is 0.138. The van der Waals surface area contributed by atoms with E-state index in [0.29, 0.717) is 89.7 Å². The zero-order valence-electron chi connectivity index (χ0n) is 88.0. The normalized spacial score (nSPS) is 16.6. The summed E-state index contributed by atoms with van der Waals surface area (Å²) in [5.74, 6) is -2.49. The molecule has 0 aliphatic heterocycles. The molecular formula is C96H108N8O4+4. The molecule has 108 heavy (non-hydrogen) atoms. The number of fused-ring (bicyclic) bond motifs is 12. The summed E-state index contributed by atoms with van der Waals surface area (Å²) in [6.07, 6.45) is 6.32. The first-order valence-corrected chi connectivity index (χ1v) is 36.1. The molecule has 16 aromatic rings. The molecule has 4 aromatic carbocycles. The maximum Gasteiger partial charge on any atom is 0.227 e. The smallest absolute Gasteiger partial charge is 0.227 e. The van der Waals surface area contributed by atoms with Crippen LogP contribution in [0.3, 0.4) is 0 Å². The maximum absolute atomic E-state index is 8.26. The highest BCUT2D eigenvalue weighted by Gasteiger charge is 2.29. The molecule has 12 heterocycles. The predicted octanol–water partition coefficient (Wildman–Crippen LogP) is 22.8. The van der Waals surface area contributed by atoms with Gasteiger partial charge in [0.25, 0.3) is 0 Å². The van der Waals surface area contributed by atoms with E-state index in [1.54, 1.807) is 86.9 Å². The molecular weight excluding hydrogens is 1330 g/mol. The Kier molecular flexibility index (Phi) is 13.9. The fourth-order valence-electron chi connectivity index (χ4n) is 14.1. The highest BCUT2D eigenvalue weighted by molar-refractivity contribution is 6.12. The van der Waals surface area contributed by atoms with Crippen molar-refractivity contribution < 1.29 is 67.5 Å². The van der Waals surface area contributed by atoms with E-state index in [-0.39, 0.29) is 29.5 Å². The van der Waals surface area contributed by atoms with Crippen LogP contribution >= 0.6 is 0 Å². The molecule has 0 amide bonds. The predicted molar refractivity (Wildman–Crippen MR) is 444 cm³/mol. The van der Waals surface area contributed by atoms with Gasteiger partial charge in [0.15, 0.2) is 47.1 Å². The van der Waals surface area contributed by atoms with E-state index in [4.69, 9.17) is 54.2 Å². The molecule has 12 nitrogen and oxygen atoms in total. The Labute approximate surface area is 669 Å². The second-order valence-electron chi connectivity index (χ2n) is 30.5. The zero-order chi connectivity index (χ0) is 96.9. The molecule has 0 fully saturated rings. The summed E-state index contributed by atoms with van der Waals surface area (Å²) in [6.45, 7) is 11.2. The number of aromatic nitrogens is 8. The van der Waals surface area contributed by atoms with Crippen molar-refractivity contribution in [1.29, 1.82) is 0 Å². The van der Waals surface area contributed by atoms with Gasteiger partial charge in [-0.05, 0) is 206 Å². The van der Waals surface area contributed by atoms with E-state index >= 15 is 0 Å². The molecule has 0 radical (unpaired) electrons. The number of benzene rings is 4. The number of rotatable bonds is 8. The van der Waals surface area contributed by atoms with Gasteiger partial charge in [0.1, 0.15) is 28.2 Å². The fourth-order valence-corrected chi connectivity index (χ4v) is 14.1. The van der Waals surface area contributed by atoms with Crippen LogP contribution in [0.25, 0.3) is 133 Å². The first kappa shape index (κ1) is 51.5. The van der Waals surface area contributed by atoms with Gasteiger partial charge in [-0.15, -0.1) is 0 Å². The van der Waals surface area contributed by atoms with Crippen LogP contribution in [0.15, 0.2) is 164 Å². The van der Waals surface area contributed by atoms with Crippen LogP contribution in [-0.2, 0) is 46.4 Å². The van der Waals surface area contributed by atoms with Crippen molar-refractivity contribution >= 4 is 88.3 Å². The third kappa shape index (κ3) is 14.7. The average Bonchev–Trinajstić information content (AvgIpc) is 1.55. The van der Waals surface area contributed by atoms with Crippen molar-refractivity contribution in [2.45, 2.75) is 176 Å². The van der Waals surface area contributed by atoms with E-state index < -0.39 is 65.2 Å². The number of aryl methyl sites for hydroxylation is 16. The molecule has 1 unspecified atom stereocenters. The third-order valence-electron chi connectivity index (χ3n) is 20.2. The number of nitrogens with zero attached hydrogens (tertiary/aromatic N) is 8. The van der Waals surface area contributed by atoms with Crippen LogP contribution in [0, 0.1) is 94.1 Å². The Morgan fingerprint density at radius 3 is 1.02 bits per heavy atom. The molecule has 0 saturated heterocycles. The lowest BCUT2D eigenvalue weighted by molar-refractivity contribution is -0.660. The summed E-state index contributed by atoms with van der Waals surface area (Å²) >= 11 is 0. The largest absolute Gasteiger partial charge is 0.437 e. The first-order valence-electron chi connectivity index (χ1n) is 47.6. The molecule has 0 aliphatic carbocycles. The van der Waals surface area contributed by atoms with Gasteiger partial charge in [-0.1, -0.05) is 118 Å². The number of hydrogen-bond acceptors (Lipinski definition) is 8. The van der Waals surface area contributed by atoms with E-state index in [1.807, 2.05) is 151 Å². The maximum atomic E-state index is 8.26. The summed E-state index contributed by atoms with van der Waals surface area (Å²) in [4.78, 5) is 18.5. The lowest BCUT2D eigenvalue weighted by Crippen LogP contribution is -2.31. The number of hydrogen-bond donors (Lipinski definition) is 0. The molecule has 552 valence electrons. The Morgan fingerprint density at radius 1 is 0.370 bits per heavy atom. The number of pyridine rings is 8. The molecule has 12 aromatic heterocycles. The lowest BCUT2D eigenvalue weighted by Gasteiger charge is -2.16. The monoisotopic (exact) mass is 1460 g/mol. The van der Waals surface area contributed by atoms with Gasteiger partial charge in [-0.3, -0.25) is 0 Å². The summed E-state index contributed by atoms with van der Waals surface area (Å²) in [5, 5.41) is 7.00. The summed E-state index contributed by atoms with van der Waals surface area (Å²) in [6, 6.07) is 38.5. The topological polar surface area (TPSA) is 120 Å². The van der Waals surface area contributed by atoms with Gasteiger partial charge in [-0.25, -0.2) is 38.2 Å². The van der Waals surface area contributed by atoms with Gasteiger partial charge >= 0.3 is 0 Å². The molecule has 0 bridgehead atoms. The van der Waals surface area contributed by atoms with E-state index in [1.165, 1.54) is 13.8 Å².